The van der Waals surface area contributed by atoms with Crippen molar-refractivity contribution in [1.29, 1.82) is 0 Å². The SMILES string of the molecule is CCC(C(=O)O)C(CC)(C(=O)O)C(CC)C(=O)O.CCC(C(=O)O)C(CC)(C(=O)O)C(CC)C(=O)O.CCC(C(=O)O)C(CC)(C(=O)O)C(CC)C(=O)O.[Al]. The molecular formula is C36H60AlO18. The molecule has 0 aliphatic carbocycles. The number of hydrogen-bond donors (Lipinski definition) is 9. The highest BCUT2D eigenvalue weighted by molar-refractivity contribution is 5.90. The molecule has 315 valence electrons. The molecule has 0 aromatic rings. The second-order valence-corrected chi connectivity index (χ2v) is 12.9. The zero-order valence-corrected chi connectivity index (χ0v) is 34.3. The maximum absolute atomic E-state index is 11.5. The number of carboxylic acids is 9. The highest BCUT2D eigenvalue weighted by Gasteiger charge is 2.57. The van der Waals surface area contributed by atoms with Crippen LogP contribution in [0.2, 0.25) is 0 Å². The van der Waals surface area contributed by atoms with Crippen LogP contribution in [0.15, 0.2) is 0 Å². The van der Waals surface area contributed by atoms with E-state index in [1.54, 1.807) is 41.5 Å². The Kier molecular flexibility index (Phi) is 26.9. The topological polar surface area (TPSA) is 336 Å². The van der Waals surface area contributed by atoms with Crippen molar-refractivity contribution >= 4 is 71.1 Å². The van der Waals surface area contributed by atoms with E-state index in [0.717, 1.165) is 0 Å². The van der Waals surface area contributed by atoms with Crippen LogP contribution in [0.4, 0.5) is 0 Å². The lowest BCUT2D eigenvalue weighted by Crippen LogP contribution is -2.50. The van der Waals surface area contributed by atoms with Gasteiger partial charge >= 0.3 is 53.7 Å². The average molecular weight is 808 g/mol. The molecule has 0 saturated carbocycles. The molecule has 0 rings (SSSR count). The third kappa shape index (κ3) is 12.6. The van der Waals surface area contributed by atoms with Gasteiger partial charge in [0.25, 0.3) is 0 Å². The monoisotopic (exact) mass is 807 g/mol. The van der Waals surface area contributed by atoms with Crippen LogP contribution in [-0.4, -0.2) is 117 Å². The maximum Gasteiger partial charge on any atom is 0.311 e. The molecule has 3 radical (unpaired) electrons. The van der Waals surface area contributed by atoms with Crippen LogP contribution in [0.5, 0.6) is 0 Å². The number of carboxylic acid groups (broad SMARTS) is 9. The Hall–Kier alpha value is -4.24. The van der Waals surface area contributed by atoms with Crippen molar-refractivity contribution in [3.63, 3.8) is 0 Å². The van der Waals surface area contributed by atoms with Crippen LogP contribution >= 0.6 is 0 Å². The van der Waals surface area contributed by atoms with E-state index in [4.69, 9.17) is 30.6 Å². The molecular weight excluding hydrogens is 747 g/mol. The van der Waals surface area contributed by atoms with Gasteiger partial charge in [-0.1, -0.05) is 62.3 Å². The molecule has 6 unspecified atom stereocenters. The normalized spacial score (nSPS) is 17.2. The van der Waals surface area contributed by atoms with Crippen molar-refractivity contribution in [2.75, 3.05) is 0 Å². The third-order valence-electron chi connectivity index (χ3n) is 10.9. The summed E-state index contributed by atoms with van der Waals surface area (Å²) in [4.78, 5) is 102. The van der Waals surface area contributed by atoms with Crippen molar-refractivity contribution in [2.45, 2.75) is 120 Å². The molecule has 0 spiro atoms. The summed E-state index contributed by atoms with van der Waals surface area (Å²) in [6, 6.07) is 0. The van der Waals surface area contributed by atoms with E-state index in [-0.39, 0.29) is 75.1 Å². The quantitative estimate of drug-likeness (QED) is 0.0597. The summed E-state index contributed by atoms with van der Waals surface area (Å²) >= 11 is 0. The molecule has 0 saturated heterocycles. The molecule has 0 fully saturated rings. The Morgan fingerprint density at radius 1 is 0.309 bits per heavy atom. The average Bonchev–Trinajstić information content (AvgIpc) is 3.06. The summed E-state index contributed by atoms with van der Waals surface area (Å²) in [5.74, 6) is -18.9. The van der Waals surface area contributed by atoms with Crippen LogP contribution in [0.25, 0.3) is 0 Å². The van der Waals surface area contributed by atoms with Gasteiger partial charge in [0.2, 0.25) is 0 Å². The van der Waals surface area contributed by atoms with Gasteiger partial charge in [-0.2, -0.15) is 0 Å². The Morgan fingerprint density at radius 2 is 0.418 bits per heavy atom. The second kappa shape index (κ2) is 25.8. The van der Waals surface area contributed by atoms with Gasteiger partial charge < -0.3 is 46.0 Å². The first kappa shape index (κ1) is 57.5. The molecule has 19 heteroatoms. The van der Waals surface area contributed by atoms with Gasteiger partial charge in [-0.3, -0.25) is 43.2 Å². The van der Waals surface area contributed by atoms with Gasteiger partial charge in [0.05, 0.1) is 51.8 Å². The van der Waals surface area contributed by atoms with Gasteiger partial charge in [0.15, 0.2) is 0 Å². The predicted octanol–water partition coefficient (Wildman–Crippen LogP) is 4.69. The van der Waals surface area contributed by atoms with Crippen LogP contribution in [-0.2, 0) is 43.2 Å². The zero-order valence-electron chi connectivity index (χ0n) is 33.1. The number of rotatable bonds is 24. The standard InChI is InChI=1S/3C12H20O6.Al/c3*1-4-7(9(13)14)12(6-3,11(17)18)8(5-2)10(15)16;/h3*7-8H,4-6H2,1-3H3,(H,13,14)(H,15,16)(H,17,18);. The summed E-state index contributed by atoms with van der Waals surface area (Å²) in [6.07, 6.45) is 0.406. The molecule has 0 amide bonds. The summed E-state index contributed by atoms with van der Waals surface area (Å²) < 4.78 is 0. The van der Waals surface area contributed by atoms with Gasteiger partial charge in [-0.05, 0) is 57.8 Å². The van der Waals surface area contributed by atoms with Crippen molar-refractivity contribution in [3.05, 3.63) is 0 Å². The van der Waals surface area contributed by atoms with Gasteiger partial charge in [0, 0.05) is 17.4 Å². The van der Waals surface area contributed by atoms with Crippen molar-refractivity contribution in [2.24, 2.45) is 51.8 Å². The molecule has 0 aromatic heterocycles. The first-order chi connectivity index (χ1) is 24.9. The largest absolute Gasteiger partial charge is 0.481 e. The fraction of sp³-hybridized carbons (Fsp3) is 0.750. The van der Waals surface area contributed by atoms with E-state index in [1.807, 2.05) is 0 Å². The molecule has 0 aromatic carbocycles. The maximum atomic E-state index is 11.5. The van der Waals surface area contributed by atoms with Gasteiger partial charge in [0.1, 0.15) is 0 Å². The molecule has 0 aliphatic rings. The molecule has 18 nitrogen and oxygen atoms in total. The van der Waals surface area contributed by atoms with E-state index < -0.39 is 105 Å². The van der Waals surface area contributed by atoms with E-state index in [9.17, 15) is 58.5 Å². The van der Waals surface area contributed by atoms with Crippen molar-refractivity contribution in [3.8, 4) is 0 Å². The van der Waals surface area contributed by atoms with Crippen LogP contribution in [0.1, 0.15) is 120 Å². The Morgan fingerprint density at radius 3 is 0.455 bits per heavy atom. The lowest BCUT2D eigenvalue weighted by molar-refractivity contribution is -0.175. The number of carbonyl (C=O) groups is 9. The predicted molar refractivity (Wildman–Crippen MR) is 195 cm³/mol. The lowest BCUT2D eigenvalue weighted by Gasteiger charge is -2.37. The second-order valence-electron chi connectivity index (χ2n) is 12.9. The highest BCUT2D eigenvalue weighted by atomic mass is 27.0. The summed E-state index contributed by atoms with van der Waals surface area (Å²) in [7, 11) is 0. The minimum absolute atomic E-state index is 0. The first-order valence-electron chi connectivity index (χ1n) is 17.9. The highest BCUT2D eigenvalue weighted by Crippen LogP contribution is 2.46. The minimum Gasteiger partial charge on any atom is -0.481 e. The van der Waals surface area contributed by atoms with E-state index >= 15 is 0 Å². The fourth-order valence-electron chi connectivity index (χ4n) is 8.11. The van der Waals surface area contributed by atoms with Crippen molar-refractivity contribution in [1.82, 2.24) is 0 Å². The van der Waals surface area contributed by atoms with Crippen molar-refractivity contribution < 1.29 is 89.1 Å². The van der Waals surface area contributed by atoms with E-state index in [2.05, 4.69) is 0 Å². The summed E-state index contributed by atoms with van der Waals surface area (Å²) in [5, 5.41) is 83.1. The molecule has 9 N–H and O–H groups in total. The molecule has 6 atom stereocenters. The van der Waals surface area contributed by atoms with Gasteiger partial charge in [-0.25, -0.2) is 0 Å². The molecule has 0 bridgehead atoms. The third-order valence-corrected chi connectivity index (χ3v) is 10.9. The van der Waals surface area contributed by atoms with E-state index in [1.165, 1.54) is 20.8 Å². The molecule has 0 heterocycles. The van der Waals surface area contributed by atoms with Gasteiger partial charge in [-0.15, -0.1) is 0 Å². The first-order valence-corrected chi connectivity index (χ1v) is 17.9. The Labute approximate surface area is 331 Å². The Balaban J connectivity index is -0.000000351. The fourth-order valence-corrected chi connectivity index (χ4v) is 8.11. The van der Waals surface area contributed by atoms with Crippen LogP contribution < -0.4 is 0 Å². The Bertz CT molecular complexity index is 1100. The lowest BCUT2D eigenvalue weighted by atomic mass is 9.63. The summed E-state index contributed by atoms with van der Waals surface area (Å²) in [5.41, 5.74) is -5.29. The van der Waals surface area contributed by atoms with Crippen LogP contribution in [0, 0.1) is 51.8 Å². The zero-order chi connectivity index (χ0) is 43.5. The van der Waals surface area contributed by atoms with Crippen LogP contribution in [0.3, 0.4) is 0 Å². The number of aliphatic carboxylic acids is 9. The van der Waals surface area contributed by atoms with E-state index in [0.29, 0.717) is 0 Å². The minimum atomic E-state index is -1.76. The number of hydrogen-bond acceptors (Lipinski definition) is 9. The smallest absolute Gasteiger partial charge is 0.311 e. The summed E-state index contributed by atoms with van der Waals surface area (Å²) in [6.45, 7) is 13.9. The molecule has 0 aliphatic heterocycles. The molecule has 55 heavy (non-hydrogen) atoms.